The lowest BCUT2D eigenvalue weighted by Crippen LogP contribution is -2.37. The Kier molecular flexibility index (Phi) is 5.91. The smallest absolute Gasteiger partial charge is 0.269 e. The monoisotopic (exact) mass is 299 g/mol. The van der Waals surface area contributed by atoms with Crippen molar-refractivity contribution in [1.82, 2.24) is 5.32 Å². The highest BCUT2D eigenvalue weighted by Crippen LogP contribution is 2.22. The van der Waals surface area contributed by atoms with E-state index < -0.39 is 4.92 Å². The van der Waals surface area contributed by atoms with E-state index in [1.54, 1.807) is 13.0 Å². The summed E-state index contributed by atoms with van der Waals surface area (Å²) in [6.07, 6.45) is 1.88. The summed E-state index contributed by atoms with van der Waals surface area (Å²) in [5, 5.41) is 16.7. The van der Waals surface area contributed by atoms with E-state index in [2.05, 4.69) is 10.6 Å². The van der Waals surface area contributed by atoms with Gasteiger partial charge in [0.15, 0.2) is 0 Å². The minimum absolute atomic E-state index is 0. The minimum atomic E-state index is -0.441. The Hall–Kier alpha value is -1.66. The molecule has 0 saturated carbocycles. The van der Waals surface area contributed by atoms with Crippen molar-refractivity contribution in [1.29, 1.82) is 0 Å². The van der Waals surface area contributed by atoms with Crippen LogP contribution in [0.25, 0.3) is 0 Å². The fourth-order valence-electron chi connectivity index (χ4n) is 2.21. The molecular formula is C13H18ClN3O3. The van der Waals surface area contributed by atoms with Crippen molar-refractivity contribution >= 4 is 29.7 Å². The molecule has 1 unspecified atom stereocenters. The number of hydrogen-bond donors (Lipinski definition) is 2. The zero-order valence-corrected chi connectivity index (χ0v) is 12.0. The molecule has 1 aliphatic heterocycles. The summed E-state index contributed by atoms with van der Waals surface area (Å²) < 4.78 is 0. The number of nitro groups is 1. The maximum absolute atomic E-state index is 12.1. The Bertz CT molecular complexity index is 502. The number of carbonyl (C=O) groups excluding carboxylic acids is 1. The molecule has 1 saturated heterocycles. The lowest BCUT2D eigenvalue weighted by Gasteiger charge is -2.22. The van der Waals surface area contributed by atoms with Gasteiger partial charge in [-0.2, -0.15) is 0 Å². The zero-order valence-electron chi connectivity index (χ0n) is 11.2. The summed E-state index contributed by atoms with van der Waals surface area (Å²) in [6, 6.07) is 4.46. The fourth-order valence-corrected chi connectivity index (χ4v) is 2.21. The number of nitrogens with zero attached hydrogens (tertiary/aromatic N) is 1. The molecule has 110 valence electrons. The highest BCUT2D eigenvalue weighted by molar-refractivity contribution is 5.93. The number of hydrogen-bond acceptors (Lipinski definition) is 4. The van der Waals surface area contributed by atoms with Crippen molar-refractivity contribution in [3.63, 3.8) is 0 Å². The minimum Gasteiger partial charge on any atom is -0.326 e. The van der Waals surface area contributed by atoms with Crippen molar-refractivity contribution in [3.8, 4) is 0 Å². The van der Waals surface area contributed by atoms with Crippen molar-refractivity contribution in [2.75, 3.05) is 18.4 Å². The number of nitro benzene ring substituents is 1. The number of benzene rings is 1. The number of halogens is 1. The normalized spacial score (nSPS) is 17.9. The van der Waals surface area contributed by atoms with Crippen LogP contribution in [0.3, 0.4) is 0 Å². The summed E-state index contributed by atoms with van der Waals surface area (Å²) in [5.74, 6) is -0.0486. The van der Waals surface area contributed by atoms with Crippen LogP contribution in [-0.4, -0.2) is 23.9 Å². The number of carbonyl (C=O) groups is 1. The van der Waals surface area contributed by atoms with E-state index in [-0.39, 0.29) is 29.9 Å². The van der Waals surface area contributed by atoms with Gasteiger partial charge in [0.05, 0.1) is 10.8 Å². The first-order valence-electron chi connectivity index (χ1n) is 6.34. The Morgan fingerprint density at radius 2 is 2.25 bits per heavy atom. The van der Waals surface area contributed by atoms with E-state index in [9.17, 15) is 14.9 Å². The fraction of sp³-hybridized carbons (Fsp3) is 0.462. The van der Waals surface area contributed by atoms with Crippen LogP contribution in [-0.2, 0) is 4.79 Å². The van der Waals surface area contributed by atoms with Crippen LogP contribution in [0.4, 0.5) is 11.4 Å². The molecule has 0 bridgehead atoms. The summed E-state index contributed by atoms with van der Waals surface area (Å²) in [5.41, 5.74) is 1.38. The van der Waals surface area contributed by atoms with Gasteiger partial charge in [-0.05, 0) is 37.9 Å². The van der Waals surface area contributed by atoms with Gasteiger partial charge in [0.25, 0.3) is 5.69 Å². The molecule has 7 heteroatoms. The van der Waals surface area contributed by atoms with Gasteiger partial charge in [-0.1, -0.05) is 0 Å². The molecule has 0 aromatic heterocycles. The number of piperidine rings is 1. The molecule has 1 heterocycles. The summed E-state index contributed by atoms with van der Waals surface area (Å²) in [6.45, 7) is 3.40. The second-order valence-electron chi connectivity index (χ2n) is 4.79. The van der Waals surface area contributed by atoms with Crippen LogP contribution in [0, 0.1) is 23.0 Å². The molecule has 1 aromatic rings. The van der Waals surface area contributed by atoms with Crippen molar-refractivity contribution < 1.29 is 9.72 Å². The summed E-state index contributed by atoms with van der Waals surface area (Å²) in [7, 11) is 0. The van der Waals surface area contributed by atoms with E-state index in [4.69, 9.17) is 0 Å². The quantitative estimate of drug-likeness (QED) is 0.662. The number of anilines is 1. The van der Waals surface area contributed by atoms with E-state index >= 15 is 0 Å². The van der Waals surface area contributed by atoms with E-state index in [1.165, 1.54) is 12.1 Å². The van der Waals surface area contributed by atoms with Gasteiger partial charge in [0.2, 0.25) is 5.91 Å². The summed E-state index contributed by atoms with van der Waals surface area (Å²) >= 11 is 0. The first-order chi connectivity index (χ1) is 9.08. The van der Waals surface area contributed by atoms with Crippen LogP contribution >= 0.6 is 12.4 Å². The molecule has 0 aliphatic carbocycles. The Labute approximate surface area is 123 Å². The van der Waals surface area contributed by atoms with Crippen LogP contribution < -0.4 is 10.6 Å². The van der Waals surface area contributed by atoms with Crippen LogP contribution in [0.1, 0.15) is 18.4 Å². The largest absolute Gasteiger partial charge is 0.326 e. The molecule has 1 aromatic carbocycles. The van der Waals surface area contributed by atoms with Gasteiger partial charge < -0.3 is 10.6 Å². The van der Waals surface area contributed by atoms with Gasteiger partial charge in [-0.15, -0.1) is 12.4 Å². The van der Waals surface area contributed by atoms with Gasteiger partial charge in [-0.25, -0.2) is 0 Å². The third-order valence-electron chi connectivity index (χ3n) is 3.35. The van der Waals surface area contributed by atoms with Crippen molar-refractivity contribution in [2.45, 2.75) is 19.8 Å². The topological polar surface area (TPSA) is 84.3 Å². The van der Waals surface area contributed by atoms with Crippen molar-refractivity contribution in [2.24, 2.45) is 5.92 Å². The molecule has 1 aliphatic rings. The lowest BCUT2D eigenvalue weighted by molar-refractivity contribution is -0.384. The lowest BCUT2D eigenvalue weighted by atomic mass is 9.98. The molecule has 1 fully saturated rings. The Morgan fingerprint density at radius 3 is 2.80 bits per heavy atom. The first kappa shape index (κ1) is 16.4. The number of non-ortho nitro benzene ring substituents is 1. The first-order valence-corrected chi connectivity index (χ1v) is 6.34. The maximum atomic E-state index is 12.1. The predicted octanol–water partition coefficient (Wildman–Crippen LogP) is 2.26. The number of nitrogens with one attached hydrogen (secondary N) is 2. The number of rotatable bonds is 3. The zero-order chi connectivity index (χ0) is 13.8. The standard InChI is InChI=1S/C13H17N3O3.ClH/c1-9-7-11(16(18)19)4-5-12(9)15-13(17)10-3-2-6-14-8-10;/h4-5,7,10,14H,2-3,6,8H2,1H3,(H,15,17);1H. The van der Waals surface area contributed by atoms with E-state index in [0.717, 1.165) is 19.4 Å². The Balaban J connectivity index is 0.00000200. The van der Waals surface area contributed by atoms with E-state index in [1.807, 2.05) is 0 Å². The second-order valence-corrected chi connectivity index (χ2v) is 4.79. The molecule has 20 heavy (non-hydrogen) atoms. The molecule has 1 amide bonds. The van der Waals surface area contributed by atoms with E-state index in [0.29, 0.717) is 17.8 Å². The van der Waals surface area contributed by atoms with Crippen LogP contribution in [0.2, 0.25) is 0 Å². The van der Waals surface area contributed by atoms with Crippen LogP contribution in [0.5, 0.6) is 0 Å². The molecule has 0 radical (unpaired) electrons. The maximum Gasteiger partial charge on any atom is 0.269 e. The molecule has 0 spiro atoms. The third-order valence-corrected chi connectivity index (χ3v) is 3.35. The van der Waals surface area contributed by atoms with Crippen LogP contribution in [0.15, 0.2) is 18.2 Å². The van der Waals surface area contributed by atoms with Gasteiger partial charge in [-0.3, -0.25) is 14.9 Å². The average molecular weight is 300 g/mol. The Morgan fingerprint density at radius 1 is 1.50 bits per heavy atom. The molecule has 6 nitrogen and oxygen atoms in total. The summed E-state index contributed by atoms with van der Waals surface area (Å²) in [4.78, 5) is 22.3. The average Bonchev–Trinajstić information content (AvgIpc) is 2.41. The highest BCUT2D eigenvalue weighted by atomic mass is 35.5. The van der Waals surface area contributed by atoms with Gasteiger partial charge in [0, 0.05) is 24.4 Å². The highest BCUT2D eigenvalue weighted by Gasteiger charge is 2.21. The van der Waals surface area contributed by atoms with Gasteiger partial charge in [0.1, 0.15) is 0 Å². The SMILES string of the molecule is Cc1cc([N+](=O)[O-])ccc1NC(=O)C1CCCNC1.Cl. The molecule has 1 atom stereocenters. The predicted molar refractivity (Wildman–Crippen MR) is 79.3 cm³/mol. The number of aryl methyl sites for hydroxylation is 1. The van der Waals surface area contributed by atoms with Crippen molar-refractivity contribution in [3.05, 3.63) is 33.9 Å². The molecular weight excluding hydrogens is 282 g/mol. The number of amides is 1. The third kappa shape index (κ3) is 3.91. The molecule has 2 rings (SSSR count). The second kappa shape index (κ2) is 7.21. The molecule has 2 N–H and O–H groups in total. The van der Waals surface area contributed by atoms with Gasteiger partial charge >= 0.3 is 0 Å².